The van der Waals surface area contributed by atoms with Crippen molar-refractivity contribution < 1.29 is 31.1 Å². The molecule has 0 radical (unpaired) electrons. The minimum atomic E-state index is -5.37. The zero-order valence-corrected chi connectivity index (χ0v) is 8.19. The summed E-state index contributed by atoms with van der Waals surface area (Å²) >= 11 is 0. The van der Waals surface area contributed by atoms with E-state index < -0.39 is 34.0 Å². The first-order valence-electron chi connectivity index (χ1n) is 3.96. The van der Waals surface area contributed by atoms with Crippen LogP contribution in [0.2, 0.25) is 0 Å². The Morgan fingerprint density at radius 3 is 2.47 bits per heavy atom. The largest absolute Gasteiger partial charge is 0.511 e. The third-order valence-electron chi connectivity index (χ3n) is 1.87. The van der Waals surface area contributed by atoms with E-state index >= 15 is 0 Å². The number of hydrogen-bond acceptors (Lipinski definition) is 4. The van der Waals surface area contributed by atoms with Crippen molar-refractivity contribution in [2.45, 2.75) is 11.9 Å². The number of esters is 1. The van der Waals surface area contributed by atoms with Crippen molar-refractivity contribution in [2.24, 2.45) is 5.92 Å². The van der Waals surface area contributed by atoms with E-state index in [-0.39, 0.29) is 13.0 Å². The lowest BCUT2D eigenvalue weighted by atomic mass is 10.1. The average molecular weight is 247 g/mol. The summed E-state index contributed by atoms with van der Waals surface area (Å²) in [6.07, 6.45) is 0.221. The molecule has 5 nitrogen and oxygen atoms in total. The molecule has 0 aromatic rings. The standard InChI is InChI=1S/C6H8F3NO4S/c7-6(8,9)15(12,13)10-3-4-1-2-14-5(4)11/h4,10H,1-3H2. The molecule has 1 N–H and O–H groups in total. The number of halogens is 3. The summed E-state index contributed by atoms with van der Waals surface area (Å²) in [5, 5.41) is 0. The molecule has 1 fully saturated rings. The minimum absolute atomic E-state index is 0.108. The maximum absolute atomic E-state index is 11.8. The second-order valence-electron chi connectivity index (χ2n) is 2.95. The molecule has 1 saturated heterocycles. The Morgan fingerprint density at radius 1 is 1.47 bits per heavy atom. The lowest BCUT2D eigenvalue weighted by molar-refractivity contribution is -0.141. The zero-order valence-electron chi connectivity index (χ0n) is 7.37. The van der Waals surface area contributed by atoms with Crippen LogP contribution in [-0.4, -0.2) is 33.0 Å². The molecule has 0 bridgehead atoms. The quantitative estimate of drug-likeness (QED) is 0.712. The molecule has 0 spiro atoms. The van der Waals surface area contributed by atoms with Crippen LogP contribution in [0.25, 0.3) is 0 Å². The maximum atomic E-state index is 11.8. The van der Waals surface area contributed by atoms with Crippen molar-refractivity contribution in [1.29, 1.82) is 0 Å². The van der Waals surface area contributed by atoms with E-state index in [1.165, 1.54) is 4.72 Å². The van der Waals surface area contributed by atoms with Crippen molar-refractivity contribution in [3.8, 4) is 0 Å². The van der Waals surface area contributed by atoms with Crippen LogP contribution in [0.15, 0.2) is 0 Å². The molecular formula is C6H8F3NO4S. The van der Waals surface area contributed by atoms with Crippen LogP contribution in [0.5, 0.6) is 0 Å². The topological polar surface area (TPSA) is 72.5 Å². The maximum Gasteiger partial charge on any atom is 0.511 e. The number of carbonyl (C=O) groups excluding carboxylic acids is 1. The van der Waals surface area contributed by atoms with Crippen LogP contribution in [0.3, 0.4) is 0 Å². The van der Waals surface area contributed by atoms with Gasteiger partial charge in [-0.3, -0.25) is 4.79 Å². The number of carbonyl (C=O) groups is 1. The van der Waals surface area contributed by atoms with Crippen molar-refractivity contribution in [1.82, 2.24) is 4.72 Å². The molecule has 9 heteroatoms. The van der Waals surface area contributed by atoms with Gasteiger partial charge in [-0.2, -0.15) is 13.2 Å². The summed E-state index contributed by atoms with van der Waals surface area (Å²) in [5.74, 6) is -1.51. The van der Waals surface area contributed by atoms with Gasteiger partial charge >= 0.3 is 21.5 Å². The van der Waals surface area contributed by atoms with Gasteiger partial charge in [-0.15, -0.1) is 0 Å². The molecule has 1 atom stereocenters. The predicted molar refractivity (Wildman–Crippen MR) is 42.0 cm³/mol. The molecular weight excluding hydrogens is 239 g/mol. The third kappa shape index (κ3) is 2.81. The highest BCUT2D eigenvalue weighted by atomic mass is 32.2. The summed E-state index contributed by atoms with van der Waals surface area (Å²) < 4.78 is 62.3. The van der Waals surface area contributed by atoms with Crippen LogP contribution in [0.4, 0.5) is 13.2 Å². The lowest BCUT2D eigenvalue weighted by Crippen LogP contribution is -2.39. The van der Waals surface area contributed by atoms with E-state index in [4.69, 9.17) is 0 Å². The number of nitrogens with one attached hydrogen (secondary N) is 1. The van der Waals surface area contributed by atoms with Crippen LogP contribution in [0.1, 0.15) is 6.42 Å². The fourth-order valence-electron chi connectivity index (χ4n) is 1.02. The van der Waals surface area contributed by atoms with Crippen molar-refractivity contribution in [2.75, 3.05) is 13.2 Å². The molecule has 1 aliphatic rings. The van der Waals surface area contributed by atoms with Gasteiger partial charge in [0.1, 0.15) is 0 Å². The summed E-state index contributed by atoms with van der Waals surface area (Å²) in [5.41, 5.74) is -5.35. The molecule has 88 valence electrons. The third-order valence-corrected chi connectivity index (χ3v) is 3.02. The Morgan fingerprint density at radius 2 is 2.07 bits per heavy atom. The highest BCUT2D eigenvalue weighted by Crippen LogP contribution is 2.22. The van der Waals surface area contributed by atoms with E-state index in [2.05, 4.69) is 4.74 Å². The second kappa shape index (κ2) is 3.97. The summed E-state index contributed by atoms with van der Waals surface area (Å²) in [6, 6.07) is 0. The number of cyclic esters (lactones) is 1. The highest BCUT2D eigenvalue weighted by molar-refractivity contribution is 7.90. The molecule has 1 heterocycles. The summed E-state index contributed by atoms with van der Waals surface area (Å²) in [6.45, 7) is -0.474. The van der Waals surface area contributed by atoms with Crippen LogP contribution < -0.4 is 4.72 Å². The minimum Gasteiger partial charge on any atom is -0.465 e. The van der Waals surface area contributed by atoms with Gasteiger partial charge in [0, 0.05) is 6.54 Å². The molecule has 1 aliphatic heterocycles. The molecule has 0 aromatic carbocycles. The van der Waals surface area contributed by atoms with Gasteiger partial charge in [-0.1, -0.05) is 0 Å². The first kappa shape index (κ1) is 12.2. The average Bonchev–Trinajstić information content (AvgIpc) is 2.46. The summed E-state index contributed by atoms with van der Waals surface area (Å²) in [7, 11) is -5.37. The van der Waals surface area contributed by atoms with Gasteiger partial charge in [-0.25, -0.2) is 13.1 Å². The number of hydrogen-bond donors (Lipinski definition) is 1. The number of rotatable bonds is 3. The van der Waals surface area contributed by atoms with Crippen LogP contribution in [-0.2, 0) is 19.6 Å². The number of alkyl halides is 3. The number of ether oxygens (including phenoxy) is 1. The second-order valence-corrected chi connectivity index (χ2v) is 4.71. The summed E-state index contributed by atoms with van der Waals surface area (Å²) in [4.78, 5) is 10.8. The lowest BCUT2D eigenvalue weighted by Gasteiger charge is -2.10. The van der Waals surface area contributed by atoms with Crippen molar-refractivity contribution in [3.63, 3.8) is 0 Å². The van der Waals surface area contributed by atoms with E-state index in [0.717, 1.165) is 0 Å². The van der Waals surface area contributed by atoms with E-state index in [1.54, 1.807) is 0 Å². The predicted octanol–water partition coefficient (Wildman–Crippen LogP) is -0.0113. The van der Waals surface area contributed by atoms with Gasteiger partial charge in [0.05, 0.1) is 12.5 Å². The first-order chi connectivity index (χ1) is 6.74. The van der Waals surface area contributed by atoms with Crippen LogP contribution >= 0.6 is 0 Å². The smallest absolute Gasteiger partial charge is 0.465 e. The van der Waals surface area contributed by atoms with E-state index in [9.17, 15) is 26.4 Å². The molecule has 0 amide bonds. The molecule has 0 aromatic heterocycles. The Bertz CT molecular complexity index is 350. The molecule has 15 heavy (non-hydrogen) atoms. The molecule has 1 unspecified atom stereocenters. The van der Waals surface area contributed by atoms with E-state index in [1.807, 2.05) is 0 Å². The normalized spacial score (nSPS) is 22.9. The molecule has 0 saturated carbocycles. The number of sulfonamides is 1. The molecule has 0 aliphatic carbocycles. The van der Waals surface area contributed by atoms with Gasteiger partial charge in [0.25, 0.3) is 0 Å². The van der Waals surface area contributed by atoms with Crippen molar-refractivity contribution >= 4 is 16.0 Å². The fourth-order valence-corrected chi connectivity index (χ4v) is 1.60. The van der Waals surface area contributed by atoms with E-state index in [0.29, 0.717) is 0 Å². The van der Waals surface area contributed by atoms with Gasteiger partial charge in [0.15, 0.2) is 0 Å². The van der Waals surface area contributed by atoms with Gasteiger partial charge < -0.3 is 4.74 Å². The fraction of sp³-hybridized carbons (Fsp3) is 0.833. The monoisotopic (exact) mass is 247 g/mol. The SMILES string of the molecule is O=C1OCCC1CNS(=O)(=O)C(F)(F)F. The Kier molecular flexibility index (Phi) is 3.24. The Labute approximate surface area is 83.6 Å². The van der Waals surface area contributed by atoms with Crippen LogP contribution in [0, 0.1) is 5.92 Å². The van der Waals surface area contributed by atoms with Gasteiger partial charge in [0.2, 0.25) is 0 Å². The molecule has 1 rings (SSSR count). The van der Waals surface area contributed by atoms with Gasteiger partial charge in [-0.05, 0) is 6.42 Å². The zero-order chi connectivity index (χ0) is 11.7. The first-order valence-corrected chi connectivity index (χ1v) is 5.45. The highest BCUT2D eigenvalue weighted by Gasteiger charge is 2.46. The van der Waals surface area contributed by atoms with Crippen molar-refractivity contribution in [3.05, 3.63) is 0 Å². The Balaban J connectivity index is 2.54. The Hall–Kier alpha value is -0.830.